The zero-order valence-electron chi connectivity index (χ0n) is 10.6. The van der Waals surface area contributed by atoms with Gasteiger partial charge in [-0.05, 0) is 19.3 Å². The summed E-state index contributed by atoms with van der Waals surface area (Å²) in [5.41, 5.74) is 6.47. The molecule has 16 heavy (non-hydrogen) atoms. The Morgan fingerprint density at radius 1 is 1.31 bits per heavy atom. The summed E-state index contributed by atoms with van der Waals surface area (Å²) in [7, 11) is 0. The predicted molar refractivity (Wildman–Crippen MR) is 66.4 cm³/mol. The average Bonchev–Trinajstić information content (AvgIpc) is 2.29. The highest BCUT2D eigenvalue weighted by Gasteiger charge is 2.45. The van der Waals surface area contributed by atoms with Crippen LogP contribution in [0.3, 0.4) is 0 Å². The molecular formula is C13H26N2O. The molecule has 0 bridgehead atoms. The minimum absolute atomic E-state index is 0.595. The maximum absolute atomic E-state index is 5.88. The van der Waals surface area contributed by atoms with Crippen LogP contribution in [0.15, 0.2) is 0 Å². The van der Waals surface area contributed by atoms with E-state index in [1.807, 2.05) is 0 Å². The first kappa shape index (κ1) is 12.3. The maximum atomic E-state index is 5.88. The van der Waals surface area contributed by atoms with E-state index in [-0.39, 0.29) is 0 Å². The molecule has 3 nitrogen and oxygen atoms in total. The van der Waals surface area contributed by atoms with Gasteiger partial charge in [-0.1, -0.05) is 19.8 Å². The molecule has 1 spiro atoms. The fraction of sp³-hybridized carbons (Fsp3) is 1.00. The van der Waals surface area contributed by atoms with Crippen LogP contribution in [0.4, 0.5) is 0 Å². The minimum atomic E-state index is 0.595. The van der Waals surface area contributed by atoms with Gasteiger partial charge in [0.1, 0.15) is 0 Å². The van der Waals surface area contributed by atoms with Crippen molar-refractivity contribution in [3.05, 3.63) is 0 Å². The van der Waals surface area contributed by atoms with Crippen molar-refractivity contribution in [2.45, 2.75) is 45.1 Å². The Kier molecular flexibility index (Phi) is 4.22. The highest BCUT2D eigenvalue weighted by molar-refractivity contribution is 4.98. The Morgan fingerprint density at radius 2 is 2.00 bits per heavy atom. The molecule has 2 heterocycles. The highest BCUT2D eigenvalue weighted by atomic mass is 16.5. The normalized spacial score (nSPS) is 26.6. The summed E-state index contributed by atoms with van der Waals surface area (Å²) in [6.07, 6.45) is 6.39. The smallest absolute Gasteiger partial charge is 0.0472 e. The third-order valence-corrected chi connectivity index (χ3v) is 4.31. The van der Waals surface area contributed by atoms with Crippen LogP contribution in [0, 0.1) is 5.41 Å². The lowest BCUT2D eigenvalue weighted by atomic mass is 9.72. The molecular weight excluding hydrogens is 200 g/mol. The highest BCUT2D eigenvalue weighted by Crippen LogP contribution is 2.41. The Bertz CT molecular complexity index is 206. The minimum Gasteiger partial charge on any atom is -0.381 e. The Labute approximate surface area is 99.3 Å². The van der Waals surface area contributed by atoms with Crippen molar-refractivity contribution >= 4 is 0 Å². The van der Waals surface area contributed by atoms with Gasteiger partial charge in [-0.2, -0.15) is 0 Å². The first-order chi connectivity index (χ1) is 7.79. The third-order valence-electron chi connectivity index (χ3n) is 4.31. The summed E-state index contributed by atoms with van der Waals surface area (Å²) in [6.45, 7) is 7.55. The number of rotatable bonds is 5. The van der Waals surface area contributed by atoms with E-state index in [0.717, 1.165) is 19.8 Å². The molecule has 2 saturated heterocycles. The summed E-state index contributed by atoms with van der Waals surface area (Å²) in [5.74, 6) is 0. The molecule has 3 heteroatoms. The quantitative estimate of drug-likeness (QED) is 0.774. The lowest BCUT2D eigenvalue weighted by molar-refractivity contribution is -0.0969. The SMILES string of the molecule is CCCCC(CN)N1CC2(CCOCC2)C1. The van der Waals surface area contributed by atoms with Gasteiger partial charge in [0.15, 0.2) is 0 Å². The molecule has 2 aliphatic rings. The topological polar surface area (TPSA) is 38.5 Å². The zero-order chi connectivity index (χ0) is 11.4. The van der Waals surface area contributed by atoms with E-state index >= 15 is 0 Å². The molecule has 0 aromatic carbocycles. The number of unbranched alkanes of at least 4 members (excludes halogenated alkanes) is 1. The Balaban J connectivity index is 1.76. The maximum Gasteiger partial charge on any atom is 0.0472 e. The van der Waals surface area contributed by atoms with Crippen LogP contribution in [0.25, 0.3) is 0 Å². The molecule has 2 rings (SSSR count). The number of likely N-dealkylation sites (tertiary alicyclic amines) is 1. The van der Waals surface area contributed by atoms with Crippen molar-refractivity contribution in [3.63, 3.8) is 0 Å². The molecule has 0 radical (unpaired) electrons. The molecule has 0 aromatic heterocycles. The van der Waals surface area contributed by atoms with Gasteiger partial charge in [-0.25, -0.2) is 0 Å². The molecule has 2 fully saturated rings. The van der Waals surface area contributed by atoms with Crippen molar-refractivity contribution in [2.24, 2.45) is 11.1 Å². The van der Waals surface area contributed by atoms with E-state index in [2.05, 4.69) is 11.8 Å². The van der Waals surface area contributed by atoms with Crippen LogP contribution in [-0.4, -0.2) is 43.8 Å². The number of nitrogens with zero attached hydrogens (tertiary/aromatic N) is 1. The van der Waals surface area contributed by atoms with Gasteiger partial charge in [0, 0.05) is 44.3 Å². The zero-order valence-corrected chi connectivity index (χ0v) is 10.6. The average molecular weight is 226 g/mol. The molecule has 2 N–H and O–H groups in total. The van der Waals surface area contributed by atoms with Crippen molar-refractivity contribution in [2.75, 3.05) is 32.8 Å². The standard InChI is InChI=1S/C13H26N2O/c1-2-3-4-12(9-14)15-10-13(11-15)5-7-16-8-6-13/h12H,2-11,14H2,1H3. The van der Waals surface area contributed by atoms with Gasteiger partial charge in [0.25, 0.3) is 0 Å². The van der Waals surface area contributed by atoms with E-state index < -0.39 is 0 Å². The van der Waals surface area contributed by atoms with Crippen LogP contribution >= 0.6 is 0 Å². The first-order valence-corrected chi connectivity index (χ1v) is 6.81. The summed E-state index contributed by atoms with van der Waals surface area (Å²) < 4.78 is 5.44. The van der Waals surface area contributed by atoms with Crippen molar-refractivity contribution in [1.29, 1.82) is 0 Å². The molecule has 2 aliphatic heterocycles. The lowest BCUT2D eigenvalue weighted by Crippen LogP contribution is -2.62. The summed E-state index contributed by atoms with van der Waals surface area (Å²) in [5, 5.41) is 0. The molecule has 0 saturated carbocycles. The number of nitrogens with two attached hydrogens (primary N) is 1. The van der Waals surface area contributed by atoms with Crippen molar-refractivity contribution < 1.29 is 4.74 Å². The fourth-order valence-corrected chi connectivity index (χ4v) is 3.08. The van der Waals surface area contributed by atoms with Crippen LogP contribution < -0.4 is 5.73 Å². The van der Waals surface area contributed by atoms with E-state index in [1.165, 1.54) is 45.2 Å². The Morgan fingerprint density at radius 3 is 2.56 bits per heavy atom. The van der Waals surface area contributed by atoms with Crippen LogP contribution in [-0.2, 0) is 4.74 Å². The van der Waals surface area contributed by atoms with Crippen molar-refractivity contribution in [1.82, 2.24) is 4.90 Å². The van der Waals surface area contributed by atoms with Gasteiger partial charge in [0.05, 0.1) is 0 Å². The first-order valence-electron chi connectivity index (χ1n) is 6.81. The molecule has 0 aliphatic carbocycles. The van der Waals surface area contributed by atoms with Gasteiger partial charge in [-0.15, -0.1) is 0 Å². The van der Waals surface area contributed by atoms with Gasteiger partial charge in [-0.3, -0.25) is 4.90 Å². The van der Waals surface area contributed by atoms with Gasteiger partial charge < -0.3 is 10.5 Å². The lowest BCUT2D eigenvalue weighted by Gasteiger charge is -2.55. The van der Waals surface area contributed by atoms with E-state index in [9.17, 15) is 0 Å². The molecule has 1 atom stereocenters. The molecule has 94 valence electrons. The summed E-state index contributed by atoms with van der Waals surface area (Å²) >= 11 is 0. The van der Waals surface area contributed by atoms with Crippen LogP contribution in [0.1, 0.15) is 39.0 Å². The number of hydrogen-bond donors (Lipinski definition) is 1. The van der Waals surface area contributed by atoms with E-state index in [1.54, 1.807) is 0 Å². The van der Waals surface area contributed by atoms with E-state index in [4.69, 9.17) is 10.5 Å². The number of ether oxygens (including phenoxy) is 1. The number of hydrogen-bond acceptors (Lipinski definition) is 3. The second-order valence-electron chi connectivity index (χ2n) is 5.55. The third kappa shape index (κ3) is 2.58. The predicted octanol–water partition coefficient (Wildman–Crippen LogP) is 1.62. The monoisotopic (exact) mass is 226 g/mol. The van der Waals surface area contributed by atoms with Crippen LogP contribution in [0.2, 0.25) is 0 Å². The van der Waals surface area contributed by atoms with E-state index in [0.29, 0.717) is 11.5 Å². The fourth-order valence-electron chi connectivity index (χ4n) is 3.08. The largest absolute Gasteiger partial charge is 0.381 e. The van der Waals surface area contributed by atoms with Gasteiger partial charge >= 0.3 is 0 Å². The second kappa shape index (κ2) is 5.48. The van der Waals surface area contributed by atoms with Gasteiger partial charge in [0.2, 0.25) is 0 Å². The van der Waals surface area contributed by atoms with Crippen molar-refractivity contribution in [3.8, 4) is 0 Å². The second-order valence-corrected chi connectivity index (χ2v) is 5.55. The summed E-state index contributed by atoms with van der Waals surface area (Å²) in [6, 6.07) is 0.633. The Hall–Kier alpha value is -0.120. The molecule has 0 aromatic rings. The van der Waals surface area contributed by atoms with Crippen LogP contribution in [0.5, 0.6) is 0 Å². The molecule has 1 unspecified atom stereocenters. The summed E-state index contributed by atoms with van der Waals surface area (Å²) in [4.78, 5) is 2.60. The molecule has 0 amide bonds.